The molecule has 0 unspecified atom stereocenters. The van der Waals surface area contributed by atoms with Crippen LogP contribution in [0.1, 0.15) is 18.9 Å². The highest BCUT2D eigenvalue weighted by atomic mass is 16.5. The van der Waals surface area contributed by atoms with E-state index in [1.165, 1.54) is 5.56 Å². The molecule has 106 valence electrons. The Balaban J connectivity index is 1.78. The zero-order chi connectivity index (χ0) is 14.2. The van der Waals surface area contributed by atoms with Crippen molar-refractivity contribution in [1.82, 2.24) is 4.98 Å². The van der Waals surface area contributed by atoms with Crippen molar-refractivity contribution in [3.63, 3.8) is 0 Å². The molecule has 4 nitrogen and oxygen atoms in total. The lowest BCUT2D eigenvalue weighted by Crippen LogP contribution is -2.03. The van der Waals surface area contributed by atoms with Gasteiger partial charge in [0.2, 0.25) is 0 Å². The van der Waals surface area contributed by atoms with Gasteiger partial charge in [0.25, 0.3) is 0 Å². The van der Waals surface area contributed by atoms with Crippen LogP contribution >= 0.6 is 0 Å². The van der Waals surface area contributed by atoms with E-state index in [-0.39, 0.29) is 0 Å². The van der Waals surface area contributed by atoms with Crippen molar-refractivity contribution in [2.75, 3.05) is 24.2 Å². The first-order chi connectivity index (χ1) is 9.79. The van der Waals surface area contributed by atoms with Crippen LogP contribution in [-0.2, 0) is 6.42 Å². The van der Waals surface area contributed by atoms with Crippen LogP contribution in [0.15, 0.2) is 42.7 Å². The van der Waals surface area contributed by atoms with Gasteiger partial charge in [-0.15, -0.1) is 0 Å². The Morgan fingerprint density at radius 1 is 1.30 bits per heavy atom. The van der Waals surface area contributed by atoms with Crippen molar-refractivity contribution < 1.29 is 4.74 Å². The Labute approximate surface area is 120 Å². The first kappa shape index (κ1) is 14.2. The van der Waals surface area contributed by atoms with E-state index < -0.39 is 0 Å². The van der Waals surface area contributed by atoms with Gasteiger partial charge in [0.1, 0.15) is 5.75 Å². The number of pyridine rings is 1. The number of ether oxygens (including phenoxy) is 1. The fourth-order valence-electron chi connectivity index (χ4n) is 2.03. The molecule has 0 amide bonds. The van der Waals surface area contributed by atoms with Gasteiger partial charge in [-0.25, -0.2) is 0 Å². The number of anilines is 2. The second-order valence-electron chi connectivity index (χ2n) is 4.58. The van der Waals surface area contributed by atoms with E-state index in [9.17, 15) is 0 Å². The van der Waals surface area contributed by atoms with E-state index in [1.54, 1.807) is 6.20 Å². The molecular weight excluding hydrogens is 250 g/mol. The molecular formula is C16H21N3O. The summed E-state index contributed by atoms with van der Waals surface area (Å²) in [6.07, 6.45) is 5.63. The Morgan fingerprint density at radius 3 is 2.90 bits per heavy atom. The maximum absolute atomic E-state index is 5.95. The van der Waals surface area contributed by atoms with E-state index >= 15 is 0 Å². The highest BCUT2D eigenvalue weighted by Gasteiger charge is 2.01. The maximum Gasteiger partial charge on any atom is 0.142 e. The second-order valence-corrected chi connectivity index (χ2v) is 4.58. The molecule has 0 saturated heterocycles. The van der Waals surface area contributed by atoms with Gasteiger partial charge in [-0.05, 0) is 49.6 Å². The Morgan fingerprint density at radius 2 is 2.20 bits per heavy atom. The number of nitrogens with zero attached hydrogens (tertiary/aromatic N) is 1. The molecule has 2 rings (SSSR count). The molecule has 1 aromatic carbocycles. The van der Waals surface area contributed by atoms with Crippen LogP contribution in [0, 0.1) is 0 Å². The molecule has 0 fully saturated rings. The Bertz CT molecular complexity index is 529. The number of rotatable bonds is 7. The molecule has 2 aromatic rings. The van der Waals surface area contributed by atoms with Crippen LogP contribution < -0.4 is 15.8 Å². The number of nitrogen functional groups attached to an aromatic ring is 1. The van der Waals surface area contributed by atoms with Crippen LogP contribution in [-0.4, -0.2) is 18.1 Å². The van der Waals surface area contributed by atoms with E-state index in [2.05, 4.69) is 16.4 Å². The van der Waals surface area contributed by atoms with Crippen LogP contribution in [0.2, 0.25) is 0 Å². The molecule has 0 radical (unpaired) electrons. The minimum Gasteiger partial charge on any atom is -0.492 e. The molecule has 0 bridgehead atoms. The molecule has 1 aromatic heterocycles. The number of aromatic nitrogens is 1. The minimum atomic E-state index is 0.637. The normalized spacial score (nSPS) is 10.2. The molecule has 0 spiro atoms. The first-order valence-corrected chi connectivity index (χ1v) is 6.94. The standard InChI is InChI=1S/C16H21N3O/c1-2-20-16-8-7-13(11-15(16)17)5-3-10-19-14-6-4-9-18-12-14/h4,6-9,11-12,19H,2-3,5,10,17H2,1H3. The van der Waals surface area contributed by atoms with Crippen molar-refractivity contribution >= 4 is 11.4 Å². The molecule has 4 heteroatoms. The monoisotopic (exact) mass is 271 g/mol. The summed E-state index contributed by atoms with van der Waals surface area (Å²) in [4.78, 5) is 4.07. The van der Waals surface area contributed by atoms with Crippen molar-refractivity contribution in [2.24, 2.45) is 0 Å². The predicted octanol–water partition coefficient (Wildman–Crippen LogP) is 3.11. The van der Waals surface area contributed by atoms with Gasteiger partial charge in [0.05, 0.1) is 18.0 Å². The molecule has 0 aliphatic carbocycles. The average Bonchev–Trinajstić information content (AvgIpc) is 2.48. The number of aryl methyl sites for hydroxylation is 1. The van der Waals surface area contributed by atoms with E-state index in [1.807, 2.05) is 37.4 Å². The Hall–Kier alpha value is -2.23. The lowest BCUT2D eigenvalue weighted by atomic mass is 10.1. The highest BCUT2D eigenvalue weighted by molar-refractivity contribution is 5.54. The number of hydrogen-bond donors (Lipinski definition) is 2. The third kappa shape index (κ3) is 4.16. The van der Waals surface area contributed by atoms with Crippen molar-refractivity contribution in [3.8, 4) is 5.75 Å². The summed E-state index contributed by atoms with van der Waals surface area (Å²) in [5.74, 6) is 0.768. The van der Waals surface area contributed by atoms with Gasteiger partial charge in [0.15, 0.2) is 0 Å². The SMILES string of the molecule is CCOc1ccc(CCCNc2cccnc2)cc1N. The second kappa shape index (κ2) is 7.38. The number of nitrogens with one attached hydrogen (secondary N) is 1. The Kier molecular flexibility index (Phi) is 5.24. The van der Waals surface area contributed by atoms with Crippen LogP contribution in [0.3, 0.4) is 0 Å². The van der Waals surface area contributed by atoms with Crippen LogP contribution in [0.4, 0.5) is 11.4 Å². The zero-order valence-electron chi connectivity index (χ0n) is 11.8. The number of hydrogen-bond acceptors (Lipinski definition) is 4. The van der Waals surface area contributed by atoms with E-state index in [0.717, 1.165) is 30.8 Å². The lowest BCUT2D eigenvalue weighted by Gasteiger charge is -2.09. The molecule has 0 saturated carbocycles. The van der Waals surface area contributed by atoms with E-state index in [4.69, 9.17) is 10.5 Å². The summed E-state index contributed by atoms with van der Waals surface area (Å²) in [5, 5.41) is 3.34. The van der Waals surface area contributed by atoms with Gasteiger partial charge in [-0.2, -0.15) is 0 Å². The van der Waals surface area contributed by atoms with Crippen molar-refractivity contribution in [3.05, 3.63) is 48.3 Å². The minimum absolute atomic E-state index is 0.637. The molecule has 20 heavy (non-hydrogen) atoms. The number of nitrogens with two attached hydrogens (primary N) is 1. The van der Waals surface area contributed by atoms with Gasteiger partial charge < -0.3 is 15.8 Å². The summed E-state index contributed by atoms with van der Waals surface area (Å²) in [6.45, 7) is 3.51. The maximum atomic E-state index is 5.95. The quantitative estimate of drug-likeness (QED) is 0.600. The summed E-state index contributed by atoms with van der Waals surface area (Å²) in [5.41, 5.74) is 8.96. The van der Waals surface area contributed by atoms with Crippen LogP contribution in [0.5, 0.6) is 5.75 Å². The van der Waals surface area contributed by atoms with Gasteiger partial charge >= 0.3 is 0 Å². The topological polar surface area (TPSA) is 60.2 Å². The van der Waals surface area contributed by atoms with Gasteiger partial charge in [-0.3, -0.25) is 4.98 Å². The predicted molar refractivity (Wildman–Crippen MR) is 83.1 cm³/mol. The summed E-state index contributed by atoms with van der Waals surface area (Å²) < 4.78 is 5.43. The van der Waals surface area contributed by atoms with Crippen molar-refractivity contribution in [2.45, 2.75) is 19.8 Å². The largest absolute Gasteiger partial charge is 0.492 e. The zero-order valence-corrected chi connectivity index (χ0v) is 11.8. The van der Waals surface area contributed by atoms with Crippen LogP contribution in [0.25, 0.3) is 0 Å². The molecule has 1 heterocycles. The molecule has 0 atom stereocenters. The fraction of sp³-hybridized carbons (Fsp3) is 0.312. The smallest absolute Gasteiger partial charge is 0.142 e. The third-order valence-corrected chi connectivity index (χ3v) is 3.01. The summed E-state index contributed by atoms with van der Waals surface area (Å²) in [7, 11) is 0. The fourth-order valence-corrected chi connectivity index (χ4v) is 2.03. The lowest BCUT2D eigenvalue weighted by molar-refractivity contribution is 0.342. The average molecular weight is 271 g/mol. The van der Waals surface area contributed by atoms with Crippen molar-refractivity contribution in [1.29, 1.82) is 0 Å². The molecule has 0 aliphatic rings. The number of benzene rings is 1. The summed E-state index contributed by atoms with van der Waals surface area (Å²) in [6, 6.07) is 9.96. The summed E-state index contributed by atoms with van der Waals surface area (Å²) >= 11 is 0. The van der Waals surface area contributed by atoms with Gasteiger partial charge in [0, 0.05) is 18.9 Å². The van der Waals surface area contributed by atoms with E-state index in [0.29, 0.717) is 12.3 Å². The third-order valence-electron chi connectivity index (χ3n) is 3.01. The highest BCUT2D eigenvalue weighted by Crippen LogP contribution is 2.23. The first-order valence-electron chi connectivity index (χ1n) is 6.94. The molecule has 0 aliphatic heterocycles. The van der Waals surface area contributed by atoms with Gasteiger partial charge in [-0.1, -0.05) is 6.07 Å². The molecule has 3 N–H and O–H groups in total.